The zero-order chi connectivity index (χ0) is 13.4. The van der Waals surface area contributed by atoms with Crippen molar-refractivity contribution in [3.05, 3.63) is 24.5 Å². The zero-order valence-electron chi connectivity index (χ0n) is 11.5. The summed E-state index contributed by atoms with van der Waals surface area (Å²) < 4.78 is 0. The van der Waals surface area contributed by atoms with Crippen LogP contribution in [-0.4, -0.2) is 40.1 Å². The fraction of sp³-hybridized carbons (Fsp3) is 0.533. The van der Waals surface area contributed by atoms with Crippen molar-refractivity contribution in [2.45, 2.75) is 37.8 Å². The molecule has 2 aliphatic rings. The molecule has 0 bridgehead atoms. The standard InChI is InChI=1S/C15H19N5/c1-2-11(1)18-12-5-9-20(10-6-12)14-4-3-13-15(19-14)17-8-7-16-13/h3-4,7-8,11-12,18H,1-2,5-6,9-10H2. The highest BCUT2D eigenvalue weighted by atomic mass is 15.2. The minimum absolute atomic E-state index is 0.694. The highest BCUT2D eigenvalue weighted by Gasteiger charge is 2.27. The Hall–Kier alpha value is -1.75. The Morgan fingerprint density at radius 3 is 2.50 bits per heavy atom. The van der Waals surface area contributed by atoms with Gasteiger partial charge in [-0.15, -0.1) is 0 Å². The van der Waals surface area contributed by atoms with Crippen LogP contribution in [0.4, 0.5) is 5.82 Å². The fourth-order valence-electron chi connectivity index (χ4n) is 2.88. The lowest BCUT2D eigenvalue weighted by Gasteiger charge is -2.33. The van der Waals surface area contributed by atoms with Gasteiger partial charge in [0, 0.05) is 37.6 Å². The molecule has 20 heavy (non-hydrogen) atoms. The maximum Gasteiger partial charge on any atom is 0.180 e. The normalized spacial score (nSPS) is 20.5. The second kappa shape index (κ2) is 4.98. The van der Waals surface area contributed by atoms with Crippen molar-refractivity contribution in [1.29, 1.82) is 0 Å². The zero-order valence-corrected chi connectivity index (χ0v) is 11.5. The summed E-state index contributed by atoms with van der Waals surface area (Å²) in [6, 6.07) is 5.57. The molecule has 1 aliphatic heterocycles. The van der Waals surface area contributed by atoms with Gasteiger partial charge in [0.25, 0.3) is 0 Å². The first-order valence-electron chi connectivity index (χ1n) is 7.47. The summed E-state index contributed by atoms with van der Waals surface area (Å²) in [6.45, 7) is 2.15. The molecule has 1 N–H and O–H groups in total. The highest BCUT2D eigenvalue weighted by molar-refractivity contribution is 5.71. The van der Waals surface area contributed by atoms with Gasteiger partial charge in [0.2, 0.25) is 0 Å². The Morgan fingerprint density at radius 1 is 0.950 bits per heavy atom. The molecule has 1 aliphatic carbocycles. The third-order valence-corrected chi connectivity index (χ3v) is 4.18. The summed E-state index contributed by atoms with van der Waals surface area (Å²) in [5.74, 6) is 1.03. The van der Waals surface area contributed by atoms with Gasteiger partial charge in [-0.05, 0) is 37.8 Å². The Morgan fingerprint density at radius 2 is 1.70 bits per heavy atom. The molecule has 3 heterocycles. The van der Waals surface area contributed by atoms with Crippen molar-refractivity contribution in [1.82, 2.24) is 20.3 Å². The van der Waals surface area contributed by atoms with E-state index in [1.807, 2.05) is 6.07 Å². The molecule has 0 amide bonds. The van der Waals surface area contributed by atoms with Crippen LogP contribution in [0.1, 0.15) is 25.7 Å². The van der Waals surface area contributed by atoms with Crippen LogP contribution in [0, 0.1) is 0 Å². The van der Waals surface area contributed by atoms with Crippen molar-refractivity contribution in [3.63, 3.8) is 0 Å². The molecule has 5 nitrogen and oxygen atoms in total. The summed E-state index contributed by atoms with van der Waals surface area (Å²) in [7, 11) is 0. The Labute approximate surface area is 118 Å². The molecule has 0 aromatic carbocycles. The van der Waals surface area contributed by atoms with Crippen molar-refractivity contribution >= 4 is 17.0 Å². The highest BCUT2D eigenvalue weighted by Crippen LogP contribution is 2.24. The average molecular weight is 269 g/mol. The largest absolute Gasteiger partial charge is 0.356 e. The number of hydrogen-bond donors (Lipinski definition) is 1. The molecular formula is C15H19N5. The van der Waals surface area contributed by atoms with Crippen molar-refractivity contribution in [2.24, 2.45) is 0 Å². The predicted octanol–water partition coefficient (Wildman–Crippen LogP) is 1.75. The number of nitrogens with one attached hydrogen (secondary N) is 1. The van der Waals surface area contributed by atoms with Crippen LogP contribution in [0.25, 0.3) is 11.2 Å². The van der Waals surface area contributed by atoms with E-state index < -0.39 is 0 Å². The number of anilines is 1. The number of fused-ring (bicyclic) bond motifs is 1. The van der Waals surface area contributed by atoms with Crippen LogP contribution in [0.15, 0.2) is 24.5 Å². The predicted molar refractivity (Wildman–Crippen MR) is 78.7 cm³/mol. The quantitative estimate of drug-likeness (QED) is 0.920. The molecule has 2 aromatic rings. The van der Waals surface area contributed by atoms with E-state index in [0.29, 0.717) is 6.04 Å². The van der Waals surface area contributed by atoms with E-state index >= 15 is 0 Å². The molecule has 0 spiro atoms. The molecule has 2 fully saturated rings. The van der Waals surface area contributed by atoms with Gasteiger partial charge in [0.1, 0.15) is 11.3 Å². The monoisotopic (exact) mass is 269 g/mol. The molecule has 1 saturated carbocycles. The number of piperidine rings is 1. The Kier molecular flexibility index (Phi) is 2.99. The van der Waals surface area contributed by atoms with E-state index in [4.69, 9.17) is 0 Å². The summed E-state index contributed by atoms with van der Waals surface area (Å²) in [5.41, 5.74) is 1.60. The van der Waals surface area contributed by atoms with Gasteiger partial charge >= 0.3 is 0 Å². The summed E-state index contributed by atoms with van der Waals surface area (Å²) >= 11 is 0. The molecule has 5 heteroatoms. The number of nitrogens with zero attached hydrogens (tertiary/aromatic N) is 4. The second-order valence-corrected chi connectivity index (χ2v) is 5.77. The van der Waals surface area contributed by atoms with Crippen LogP contribution >= 0.6 is 0 Å². The van der Waals surface area contributed by atoms with E-state index in [1.165, 1.54) is 25.7 Å². The van der Waals surface area contributed by atoms with Gasteiger partial charge in [-0.2, -0.15) is 0 Å². The molecule has 1 saturated heterocycles. The van der Waals surface area contributed by atoms with E-state index in [1.54, 1.807) is 12.4 Å². The lowest BCUT2D eigenvalue weighted by atomic mass is 10.0. The fourth-order valence-corrected chi connectivity index (χ4v) is 2.88. The van der Waals surface area contributed by atoms with Crippen LogP contribution in [0.2, 0.25) is 0 Å². The van der Waals surface area contributed by atoms with Crippen LogP contribution in [-0.2, 0) is 0 Å². The van der Waals surface area contributed by atoms with Crippen molar-refractivity contribution in [3.8, 4) is 0 Å². The second-order valence-electron chi connectivity index (χ2n) is 5.77. The lowest BCUT2D eigenvalue weighted by Crippen LogP contribution is -2.43. The van der Waals surface area contributed by atoms with Gasteiger partial charge in [-0.1, -0.05) is 0 Å². The maximum atomic E-state index is 4.63. The third-order valence-electron chi connectivity index (χ3n) is 4.18. The Balaban J connectivity index is 1.46. The number of hydrogen-bond acceptors (Lipinski definition) is 5. The first kappa shape index (κ1) is 12.0. The first-order chi connectivity index (χ1) is 9.88. The molecule has 2 aromatic heterocycles. The minimum Gasteiger partial charge on any atom is -0.356 e. The molecule has 0 radical (unpaired) electrons. The van der Waals surface area contributed by atoms with Gasteiger partial charge < -0.3 is 10.2 Å². The Bertz CT molecular complexity index is 602. The summed E-state index contributed by atoms with van der Waals surface area (Å²) in [6.07, 6.45) is 8.55. The van der Waals surface area contributed by atoms with E-state index in [9.17, 15) is 0 Å². The third kappa shape index (κ3) is 2.45. The lowest BCUT2D eigenvalue weighted by molar-refractivity contribution is 0.411. The summed E-state index contributed by atoms with van der Waals surface area (Å²) in [4.78, 5) is 15.5. The average Bonchev–Trinajstić information content (AvgIpc) is 3.32. The SMILES string of the molecule is c1cnc2nc(N3CCC(NC4CC4)CC3)ccc2n1. The minimum atomic E-state index is 0.694. The van der Waals surface area contributed by atoms with Gasteiger partial charge in [0.05, 0.1) is 0 Å². The van der Waals surface area contributed by atoms with E-state index in [-0.39, 0.29) is 0 Å². The number of rotatable bonds is 3. The maximum absolute atomic E-state index is 4.63. The topological polar surface area (TPSA) is 53.9 Å². The molecule has 0 unspecified atom stereocenters. The van der Waals surface area contributed by atoms with Crippen LogP contribution < -0.4 is 10.2 Å². The molecule has 104 valence electrons. The van der Waals surface area contributed by atoms with Crippen LogP contribution in [0.5, 0.6) is 0 Å². The molecular weight excluding hydrogens is 250 g/mol. The van der Waals surface area contributed by atoms with Gasteiger partial charge in [-0.3, -0.25) is 4.98 Å². The first-order valence-corrected chi connectivity index (χ1v) is 7.47. The van der Waals surface area contributed by atoms with E-state index in [0.717, 1.165) is 36.1 Å². The number of aromatic nitrogens is 3. The molecule has 4 rings (SSSR count). The van der Waals surface area contributed by atoms with Gasteiger partial charge in [-0.25, -0.2) is 9.97 Å². The summed E-state index contributed by atoms with van der Waals surface area (Å²) in [5, 5.41) is 3.73. The van der Waals surface area contributed by atoms with E-state index in [2.05, 4.69) is 31.2 Å². The van der Waals surface area contributed by atoms with Gasteiger partial charge in [0.15, 0.2) is 5.65 Å². The van der Waals surface area contributed by atoms with Crippen molar-refractivity contribution in [2.75, 3.05) is 18.0 Å². The smallest absolute Gasteiger partial charge is 0.180 e. The number of pyridine rings is 1. The van der Waals surface area contributed by atoms with Crippen LogP contribution in [0.3, 0.4) is 0 Å². The molecule has 0 atom stereocenters. The van der Waals surface area contributed by atoms with Crippen molar-refractivity contribution < 1.29 is 0 Å².